The van der Waals surface area contributed by atoms with Crippen molar-refractivity contribution >= 4 is 33.2 Å². The standard InChI is InChI=1S/C20H20ClFN2O3S/c21-15-4-6-18(22)17(13-15)20(25)24-11-8-14-12-16(5-7-19(14)24)28(26,27)23-9-2-1-3-10-23/h4-7,12-13H,1-3,8-11H2. The fraction of sp³-hybridized carbons (Fsp3) is 0.350. The van der Waals surface area contributed by atoms with Crippen molar-refractivity contribution in [2.24, 2.45) is 0 Å². The summed E-state index contributed by atoms with van der Waals surface area (Å²) < 4.78 is 41.4. The van der Waals surface area contributed by atoms with Crippen LogP contribution < -0.4 is 4.90 Å². The van der Waals surface area contributed by atoms with Gasteiger partial charge in [0.1, 0.15) is 5.82 Å². The van der Waals surface area contributed by atoms with E-state index in [2.05, 4.69) is 0 Å². The molecule has 1 amide bonds. The zero-order chi connectivity index (χ0) is 19.9. The molecular formula is C20H20ClFN2O3S. The molecule has 0 saturated carbocycles. The quantitative estimate of drug-likeness (QED) is 0.754. The van der Waals surface area contributed by atoms with Crippen LogP contribution in [0.15, 0.2) is 41.3 Å². The first-order valence-corrected chi connectivity index (χ1v) is 11.1. The number of nitrogens with zero attached hydrogens (tertiary/aromatic N) is 2. The zero-order valence-electron chi connectivity index (χ0n) is 15.2. The van der Waals surface area contributed by atoms with Gasteiger partial charge >= 0.3 is 0 Å². The van der Waals surface area contributed by atoms with E-state index in [1.54, 1.807) is 12.1 Å². The van der Waals surface area contributed by atoms with Crippen molar-refractivity contribution in [3.8, 4) is 0 Å². The molecule has 0 bridgehead atoms. The van der Waals surface area contributed by atoms with Gasteiger partial charge < -0.3 is 4.90 Å². The predicted molar refractivity (Wildman–Crippen MR) is 106 cm³/mol. The van der Waals surface area contributed by atoms with Crippen LogP contribution in [0.1, 0.15) is 35.2 Å². The van der Waals surface area contributed by atoms with E-state index in [1.165, 1.54) is 33.5 Å². The highest BCUT2D eigenvalue weighted by molar-refractivity contribution is 7.89. The first kappa shape index (κ1) is 19.4. The highest BCUT2D eigenvalue weighted by atomic mass is 35.5. The van der Waals surface area contributed by atoms with Crippen LogP contribution in [0.3, 0.4) is 0 Å². The number of amides is 1. The number of hydrogen-bond donors (Lipinski definition) is 0. The Morgan fingerprint density at radius 3 is 2.50 bits per heavy atom. The molecule has 28 heavy (non-hydrogen) atoms. The lowest BCUT2D eigenvalue weighted by Gasteiger charge is -2.26. The van der Waals surface area contributed by atoms with Gasteiger partial charge in [-0.15, -0.1) is 0 Å². The molecule has 148 valence electrons. The number of hydrogen-bond acceptors (Lipinski definition) is 3. The maximum absolute atomic E-state index is 14.1. The molecule has 1 fully saturated rings. The van der Waals surface area contributed by atoms with Crippen LogP contribution in [0.2, 0.25) is 5.02 Å². The van der Waals surface area contributed by atoms with E-state index >= 15 is 0 Å². The summed E-state index contributed by atoms with van der Waals surface area (Å²) in [5, 5.41) is 0.284. The molecule has 2 aromatic carbocycles. The fourth-order valence-electron chi connectivity index (χ4n) is 3.81. The Kier molecular flexibility index (Phi) is 5.16. The molecule has 0 radical (unpaired) electrons. The van der Waals surface area contributed by atoms with Gasteiger partial charge in [-0.2, -0.15) is 4.31 Å². The smallest absolute Gasteiger partial charge is 0.261 e. The number of benzene rings is 2. The van der Waals surface area contributed by atoms with Crippen molar-refractivity contribution in [3.63, 3.8) is 0 Å². The first-order valence-electron chi connectivity index (χ1n) is 9.28. The number of rotatable bonds is 3. The molecule has 0 aliphatic carbocycles. The molecule has 8 heteroatoms. The van der Waals surface area contributed by atoms with Crippen LogP contribution in [-0.2, 0) is 16.4 Å². The lowest BCUT2D eigenvalue weighted by Crippen LogP contribution is -2.35. The Balaban J connectivity index is 1.63. The maximum atomic E-state index is 14.1. The van der Waals surface area contributed by atoms with Gasteiger partial charge in [0.15, 0.2) is 0 Å². The lowest BCUT2D eigenvalue weighted by atomic mass is 10.1. The number of sulfonamides is 1. The van der Waals surface area contributed by atoms with Crippen LogP contribution in [0.4, 0.5) is 10.1 Å². The molecule has 0 unspecified atom stereocenters. The Bertz CT molecular complexity index is 1040. The van der Waals surface area contributed by atoms with Crippen molar-refractivity contribution in [1.82, 2.24) is 4.31 Å². The third kappa shape index (κ3) is 3.43. The van der Waals surface area contributed by atoms with Gasteiger partial charge in [-0.05, 0) is 61.2 Å². The highest BCUT2D eigenvalue weighted by Gasteiger charge is 2.31. The highest BCUT2D eigenvalue weighted by Crippen LogP contribution is 2.33. The van der Waals surface area contributed by atoms with Gasteiger partial charge in [-0.1, -0.05) is 18.0 Å². The van der Waals surface area contributed by atoms with E-state index in [1.807, 2.05) is 0 Å². The summed E-state index contributed by atoms with van der Waals surface area (Å²) in [6.45, 7) is 1.45. The van der Waals surface area contributed by atoms with Crippen LogP contribution in [0.5, 0.6) is 0 Å². The molecule has 2 heterocycles. The number of fused-ring (bicyclic) bond motifs is 1. The Morgan fingerprint density at radius 2 is 1.75 bits per heavy atom. The number of carbonyl (C=O) groups excluding carboxylic acids is 1. The summed E-state index contributed by atoms with van der Waals surface area (Å²) in [7, 11) is -3.53. The third-order valence-electron chi connectivity index (χ3n) is 5.30. The van der Waals surface area contributed by atoms with Crippen molar-refractivity contribution in [2.45, 2.75) is 30.6 Å². The van der Waals surface area contributed by atoms with Gasteiger partial charge in [0.05, 0.1) is 10.5 Å². The first-order chi connectivity index (χ1) is 13.4. The summed E-state index contributed by atoms with van der Waals surface area (Å²) in [6, 6.07) is 8.68. The Morgan fingerprint density at radius 1 is 1.00 bits per heavy atom. The van der Waals surface area contributed by atoms with E-state index < -0.39 is 21.7 Å². The van der Waals surface area contributed by atoms with Gasteiger partial charge in [0, 0.05) is 30.3 Å². The minimum absolute atomic E-state index is 0.0923. The second kappa shape index (κ2) is 7.46. The number of piperidine rings is 1. The largest absolute Gasteiger partial charge is 0.308 e. The second-order valence-electron chi connectivity index (χ2n) is 7.09. The van der Waals surface area contributed by atoms with E-state index in [4.69, 9.17) is 11.6 Å². The summed E-state index contributed by atoms with van der Waals surface area (Å²) in [6.07, 6.45) is 3.31. The lowest BCUT2D eigenvalue weighted by molar-refractivity contribution is 0.0985. The second-order valence-corrected chi connectivity index (χ2v) is 9.46. The summed E-state index contributed by atoms with van der Waals surface area (Å²) in [5.41, 5.74) is 1.29. The molecule has 0 aromatic heterocycles. The van der Waals surface area contributed by atoms with E-state index in [9.17, 15) is 17.6 Å². The number of carbonyl (C=O) groups is 1. The molecule has 0 spiro atoms. The normalized spacial score (nSPS) is 17.6. The molecule has 4 rings (SSSR count). The SMILES string of the molecule is O=C(c1cc(Cl)ccc1F)N1CCc2cc(S(=O)(=O)N3CCCCC3)ccc21. The summed E-state index contributed by atoms with van der Waals surface area (Å²) in [5.74, 6) is -1.11. The Hall–Kier alpha value is -1.96. The average molecular weight is 423 g/mol. The molecule has 2 aliphatic rings. The van der Waals surface area contributed by atoms with Gasteiger partial charge in [0.25, 0.3) is 5.91 Å². The predicted octanol–water partition coefficient (Wildman–Crippen LogP) is 3.86. The van der Waals surface area contributed by atoms with Crippen LogP contribution in [0, 0.1) is 5.82 Å². The third-order valence-corrected chi connectivity index (χ3v) is 7.43. The molecule has 0 N–H and O–H groups in total. The van der Waals surface area contributed by atoms with Crippen LogP contribution in [0.25, 0.3) is 0 Å². The Labute approximate surface area is 168 Å². The number of halogens is 2. The molecule has 0 atom stereocenters. The fourth-order valence-corrected chi connectivity index (χ4v) is 5.55. The van der Waals surface area contributed by atoms with Crippen molar-refractivity contribution in [1.29, 1.82) is 0 Å². The maximum Gasteiger partial charge on any atom is 0.261 e. The van der Waals surface area contributed by atoms with Gasteiger partial charge in [-0.25, -0.2) is 12.8 Å². The van der Waals surface area contributed by atoms with Gasteiger partial charge in [-0.3, -0.25) is 4.79 Å². The van der Waals surface area contributed by atoms with E-state index in [0.717, 1.165) is 24.8 Å². The molecular weight excluding hydrogens is 403 g/mol. The van der Waals surface area contributed by atoms with Gasteiger partial charge in [0.2, 0.25) is 10.0 Å². The zero-order valence-corrected chi connectivity index (χ0v) is 16.8. The monoisotopic (exact) mass is 422 g/mol. The van der Waals surface area contributed by atoms with Crippen LogP contribution >= 0.6 is 11.6 Å². The number of anilines is 1. The molecule has 2 aliphatic heterocycles. The molecule has 5 nitrogen and oxygen atoms in total. The summed E-state index contributed by atoms with van der Waals surface area (Å²) in [4.78, 5) is 14.5. The van der Waals surface area contributed by atoms with Crippen molar-refractivity contribution in [3.05, 3.63) is 58.4 Å². The van der Waals surface area contributed by atoms with E-state index in [-0.39, 0.29) is 15.5 Å². The minimum Gasteiger partial charge on any atom is -0.308 e. The van der Waals surface area contributed by atoms with Crippen molar-refractivity contribution in [2.75, 3.05) is 24.5 Å². The minimum atomic E-state index is -3.53. The molecule has 2 aromatic rings. The van der Waals surface area contributed by atoms with Crippen LogP contribution in [-0.4, -0.2) is 38.3 Å². The topological polar surface area (TPSA) is 57.7 Å². The van der Waals surface area contributed by atoms with Crippen molar-refractivity contribution < 1.29 is 17.6 Å². The molecule has 1 saturated heterocycles. The van der Waals surface area contributed by atoms with E-state index in [0.29, 0.717) is 31.7 Å². The average Bonchev–Trinajstić information content (AvgIpc) is 3.13. The summed E-state index contributed by atoms with van der Waals surface area (Å²) >= 11 is 5.90.